The summed E-state index contributed by atoms with van der Waals surface area (Å²) in [5.74, 6) is -0.571. The van der Waals surface area contributed by atoms with Gasteiger partial charge in [0.15, 0.2) is 5.69 Å². The van der Waals surface area contributed by atoms with Gasteiger partial charge in [-0.15, -0.1) is 9.81 Å². The lowest BCUT2D eigenvalue weighted by atomic mass is 10.2. The SMILES string of the molecule is COC(=O)c1cn(-c2ccc(N=O)c(N=O)c2)cn1. The maximum atomic E-state index is 11.3. The number of ether oxygens (including phenoxy) is 1. The van der Waals surface area contributed by atoms with Gasteiger partial charge < -0.3 is 9.30 Å². The standard InChI is InChI=1S/C11H8N4O4/c1-19-11(16)10-5-15(6-12-10)7-2-3-8(13-17)9(4-7)14-18/h2-6H,1H3. The lowest BCUT2D eigenvalue weighted by molar-refractivity contribution is 0.0594. The molecule has 8 heteroatoms. The van der Waals surface area contributed by atoms with Gasteiger partial charge in [-0.2, -0.15) is 0 Å². The third-order valence-corrected chi connectivity index (χ3v) is 2.43. The second-order valence-electron chi connectivity index (χ2n) is 3.51. The van der Waals surface area contributed by atoms with E-state index in [1.54, 1.807) is 6.07 Å². The zero-order chi connectivity index (χ0) is 13.8. The normalized spacial score (nSPS) is 9.95. The fourth-order valence-corrected chi connectivity index (χ4v) is 1.50. The maximum Gasteiger partial charge on any atom is 0.358 e. The first-order valence-corrected chi connectivity index (χ1v) is 5.13. The number of carbonyl (C=O) groups is 1. The summed E-state index contributed by atoms with van der Waals surface area (Å²) in [6.07, 6.45) is 2.81. The molecule has 0 aliphatic carbocycles. The number of rotatable bonds is 4. The zero-order valence-electron chi connectivity index (χ0n) is 9.81. The molecule has 1 aromatic heterocycles. The van der Waals surface area contributed by atoms with Crippen LogP contribution >= 0.6 is 0 Å². The van der Waals surface area contributed by atoms with Crippen molar-refractivity contribution in [2.75, 3.05) is 7.11 Å². The van der Waals surface area contributed by atoms with Crippen LogP contribution in [-0.2, 0) is 4.74 Å². The fraction of sp³-hybridized carbons (Fsp3) is 0.0909. The Labute approximate surface area is 107 Å². The summed E-state index contributed by atoms with van der Waals surface area (Å²) in [4.78, 5) is 36.1. The molecule has 0 unspecified atom stereocenters. The van der Waals surface area contributed by atoms with Crippen molar-refractivity contribution in [3.63, 3.8) is 0 Å². The van der Waals surface area contributed by atoms with E-state index < -0.39 is 5.97 Å². The van der Waals surface area contributed by atoms with Crippen LogP contribution in [0.3, 0.4) is 0 Å². The molecule has 1 aromatic carbocycles. The number of methoxy groups -OCH3 is 1. The molecule has 19 heavy (non-hydrogen) atoms. The van der Waals surface area contributed by atoms with Crippen molar-refractivity contribution in [3.05, 3.63) is 46.2 Å². The molecule has 0 aliphatic heterocycles. The van der Waals surface area contributed by atoms with Crippen molar-refractivity contribution in [2.45, 2.75) is 0 Å². The Bertz CT molecular complexity index is 650. The molecule has 0 fully saturated rings. The predicted molar refractivity (Wildman–Crippen MR) is 65.8 cm³/mol. The largest absolute Gasteiger partial charge is 0.464 e. The van der Waals surface area contributed by atoms with Gasteiger partial charge in [0, 0.05) is 11.9 Å². The van der Waals surface area contributed by atoms with Gasteiger partial charge in [-0.25, -0.2) is 9.78 Å². The highest BCUT2D eigenvalue weighted by Crippen LogP contribution is 2.29. The lowest BCUT2D eigenvalue weighted by Gasteiger charge is -2.02. The Kier molecular flexibility index (Phi) is 3.42. The van der Waals surface area contributed by atoms with Crippen molar-refractivity contribution < 1.29 is 9.53 Å². The first-order valence-electron chi connectivity index (χ1n) is 5.13. The first-order chi connectivity index (χ1) is 9.19. The number of imidazole rings is 1. The monoisotopic (exact) mass is 260 g/mol. The highest BCUT2D eigenvalue weighted by Gasteiger charge is 2.11. The van der Waals surface area contributed by atoms with Crippen LogP contribution in [-0.4, -0.2) is 22.6 Å². The van der Waals surface area contributed by atoms with E-state index in [2.05, 4.69) is 20.1 Å². The Morgan fingerprint density at radius 1 is 1.26 bits per heavy atom. The van der Waals surface area contributed by atoms with E-state index in [0.717, 1.165) is 0 Å². The predicted octanol–water partition coefficient (Wildman–Crippen LogP) is 2.45. The number of hydrogen-bond donors (Lipinski definition) is 0. The van der Waals surface area contributed by atoms with Gasteiger partial charge in [-0.3, -0.25) is 0 Å². The van der Waals surface area contributed by atoms with Crippen molar-refractivity contribution in [2.24, 2.45) is 10.4 Å². The Morgan fingerprint density at radius 2 is 2.00 bits per heavy atom. The van der Waals surface area contributed by atoms with E-state index in [0.29, 0.717) is 5.69 Å². The van der Waals surface area contributed by atoms with Crippen LogP contribution in [0, 0.1) is 9.81 Å². The molecule has 0 spiro atoms. The summed E-state index contributed by atoms with van der Waals surface area (Å²) in [7, 11) is 1.25. The fourth-order valence-electron chi connectivity index (χ4n) is 1.50. The van der Waals surface area contributed by atoms with Gasteiger partial charge in [-0.1, -0.05) is 0 Å². The molecule has 0 saturated heterocycles. The van der Waals surface area contributed by atoms with Gasteiger partial charge in [-0.05, 0) is 28.6 Å². The number of aromatic nitrogens is 2. The van der Waals surface area contributed by atoms with Gasteiger partial charge in [0.05, 0.1) is 7.11 Å². The average Bonchev–Trinajstić information content (AvgIpc) is 2.95. The van der Waals surface area contributed by atoms with Gasteiger partial charge in [0.2, 0.25) is 0 Å². The summed E-state index contributed by atoms with van der Waals surface area (Å²) in [6.45, 7) is 0. The van der Waals surface area contributed by atoms with Crippen LogP contribution in [0.5, 0.6) is 0 Å². The first kappa shape index (κ1) is 12.6. The Balaban J connectivity index is 2.42. The molecular weight excluding hydrogens is 252 g/mol. The van der Waals surface area contributed by atoms with E-state index in [-0.39, 0.29) is 17.1 Å². The van der Waals surface area contributed by atoms with Crippen molar-refractivity contribution in [1.82, 2.24) is 9.55 Å². The van der Waals surface area contributed by atoms with Crippen LogP contribution in [0.4, 0.5) is 11.4 Å². The molecule has 8 nitrogen and oxygen atoms in total. The molecule has 1 heterocycles. The molecule has 96 valence electrons. The van der Waals surface area contributed by atoms with E-state index in [4.69, 9.17) is 0 Å². The summed E-state index contributed by atoms with van der Waals surface area (Å²) in [5, 5.41) is 5.40. The molecule has 0 aliphatic rings. The quantitative estimate of drug-likeness (QED) is 0.620. The van der Waals surface area contributed by atoms with Crippen LogP contribution in [0.15, 0.2) is 41.1 Å². The molecule has 0 amide bonds. The molecule has 0 bridgehead atoms. The van der Waals surface area contributed by atoms with E-state index in [1.807, 2.05) is 0 Å². The third kappa shape index (κ3) is 2.37. The smallest absolute Gasteiger partial charge is 0.358 e. The molecule has 2 aromatic rings. The van der Waals surface area contributed by atoms with Gasteiger partial charge in [0.1, 0.15) is 17.7 Å². The third-order valence-electron chi connectivity index (χ3n) is 2.43. The van der Waals surface area contributed by atoms with E-state index >= 15 is 0 Å². The maximum absolute atomic E-state index is 11.3. The minimum Gasteiger partial charge on any atom is -0.464 e. The van der Waals surface area contributed by atoms with Crippen LogP contribution in [0.25, 0.3) is 5.69 Å². The van der Waals surface area contributed by atoms with Crippen molar-refractivity contribution in [3.8, 4) is 5.69 Å². The van der Waals surface area contributed by atoms with Crippen LogP contribution in [0.1, 0.15) is 10.5 Å². The second kappa shape index (κ2) is 5.17. The minimum absolute atomic E-state index is 0.0490. The minimum atomic E-state index is -0.571. The Hall–Kier alpha value is -2.90. The highest BCUT2D eigenvalue weighted by atomic mass is 16.5. The number of hydrogen-bond acceptors (Lipinski definition) is 7. The summed E-state index contributed by atoms with van der Waals surface area (Å²) in [5.41, 5.74) is 0.512. The molecule has 0 saturated carbocycles. The number of nitrogens with zero attached hydrogens (tertiary/aromatic N) is 4. The van der Waals surface area contributed by atoms with Crippen molar-refractivity contribution >= 4 is 17.3 Å². The highest BCUT2D eigenvalue weighted by molar-refractivity contribution is 5.86. The van der Waals surface area contributed by atoms with E-state index in [1.165, 1.54) is 36.3 Å². The zero-order valence-corrected chi connectivity index (χ0v) is 9.81. The Morgan fingerprint density at radius 3 is 2.63 bits per heavy atom. The van der Waals surface area contributed by atoms with Crippen LogP contribution in [0.2, 0.25) is 0 Å². The topological polar surface area (TPSA) is 103 Å². The molecule has 0 atom stereocenters. The van der Waals surface area contributed by atoms with Crippen LogP contribution < -0.4 is 0 Å². The molecule has 0 radical (unpaired) electrons. The number of esters is 1. The second-order valence-corrected chi connectivity index (χ2v) is 3.51. The molecular formula is C11H8N4O4. The number of carbonyl (C=O) groups excluding carboxylic acids is 1. The number of nitroso groups, excluding NO2 is 2. The van der Waals surface area contributed by atoms with Crippen molar-refractivity contribution in [1.29, 1.82) is 0 Å². The molecule has 0 N–H and O–H groups in total. The van der Waals surface area contributed by atoms with Gasteiger partial charge in [0.25, 0.3) is 0 Å². The lowest BCUT2D eigenvalue weighted by Crippen LogP contribution is -2.01. The summed E-state index contributed by atoms with van der Waals surface area (Å²) in [6, 6.07) is 4.28. The number of benzene rings is 1. The summed E-state index contributed by atoms with van der Waals surface area (Å²) >= 11 is 0. The molecule has 2 rings (SSSR count). The average molecular weight is 260 g/mol. The summed E-state index contributed by atoms with van der Waals surface area (Å²) < 4.78 is 6.02. The van der Waals surface area contributed by atoms with Gasteiger partial charge >= 0.3 is 5.97 Å². The van der Waals surface area contributed by atoms with E-state index in [9.17, 15) is 14.6 Å².